The number of fused-ring (bicyclic) bond motifs is 1. The van der Waals surface area contributed by atoms with E-state index in [0.717, 1.165) is 27.9 Å². The van der Waals surface area contributed by atoms with Crippen LogP contribution in [0.1, 0.15) is 44.3 Å². The van der Waals surface area contributed by atoms with Crippen LogP contribution in [-0.2, 0) is 28.6 Å². The van der Waals surface area contributed by atoms with Crippen LogP contribution in [0.2, 0.25) is 0 Å². The number of nitro benzene ring substituents is 1. The van der Waals surface area contributed by atoms with Crippen LogP contribution < -0.4 is 9.46 Å². The van der Waals surface area contributed by atoms with Gasteiger partial charge in [0.1, 0.15) is 5.75 Å². The van der Waals surface area contributed by atoms with Gasteiger partial charge in [0.15, 0.2) is 0 Å². The average Bonchev–Trinajstić information content (AvgIpc) is 3.41. The van der Waals surface area contributed by atoms with Crippen molar-refractivity contribution in [1.82, 2.24) is 9.29 Å². The fourth-order valence-electron chi connectivity index (χ4n) is 6.28. The third-order valence-electron chi connectivity index (χ3n) is 8.51. The van der Waals surface area contributed by atoms with Crippen molar-refractivity contribution in [2.45, 2.75) is 24.6 Å². The molecule has 1 aromatic heterocycles. The number of carboxylic acid groups (broad SMARTS) is 1. The summed E-state index contributed by atoms with van der Waals surface area (Å²) in [4.78, 5) is 22.9. The van der Waals surface area contributed by atoms with Crippen LogP contribution in [0.4, 0.5) is 5.69 Å². The summed E-state index contributed by atoms with van der Waals surface area (Å²) < 4.78 is 37.2. The third-order valence-corrected chi connectivity index (χ3v) is 9.87. The van der Waals surface area contributed by atoms with Gasteiger partial charge in [-0.25, -0.2) is 17.9 Å². The summed E-state index contributed by atoms with van der Waals surface area (Å²) in [6.45, 7) is 0.274. The first-order valence-corrected chi connectivity index (χ1v) is 17.7. The van der Waals surface area contributed by atoms with Gasteiger partial charge in [-0.1, -0.05) is 91.0 Å². The molecule has 6 rings (SSSR count). The van der Waals surface area contributed by atoms with Crippen molar-refractivity contribution in [3.05, 3.63) is 177 Å². The Balaban J connectivity index is 1.44. The average molecular weight is 690 g/mol. The van der Waals surface area contributed by atoms with E-state index in [4.69, 9.17) is 4.74 Å². The largest absolute Gasteiger partial charge is 0.493 e. The number of hydrogen-bond acceptors (Lipinski definition) is 6. The molecule has 2 N–H and O–H groups in total. The van der Waals surface area contributed by atoms with E-state index in [2.05, 4.69) is 9.29 Å². The molecule has 5 aromatic carbocycles. The van der Waals surface area contributed by atoms with Gasteiger partial charge in [-0.3, -0.25) is 10.1 Å². The number of ether oxygens (including phenoxy) is 1. The summed E-state index contributed by atoms with van der Waals surface area (Å²) in [5.41, 5.74) is 5.09. The Morgan fingerprint density at radius 2 is 1.42 bits per heavy atom. The highest BCUT2D eigenvalue weighted by molar-refractivity contribution is 7.88. The standard InChI is InChI=1S/C39H35N3O7S/c43-39(44)31-16-19-33(20-17-31)49-25-23-37-34(22-24-40-50(47,48)27-28-10-4-1-5-11-28)35-26-32(42(45)46)18-21-36(35)41(37)38(29-12-6-2-7-13-29)30-14-8-3-9-15-30/h1-21,26,38,40H,22-25,27H2,(H,43,44). The molecule has 0 saturated heterocycles. The number of carboxylic acids is 1. The molecule has 50 heavy (non-hydrogen) atoms. The Kier molecular flexibility index (Phi) is 10.4. The molecule has 0 bridgehead atoms. The van der Waals surface area contributed by atoms with Gasteiger partial charge in [0.25, 0.3) is 5.69 Å². The zero-order valence-corrected chi connectivity index (χ0v) is 27.8. The second-order valence-corrected chi connectivity index (χ2v) is 13.6. The predicted molar refractivity (Wildman–Crippen MR) is 192 cm³/mol. The van der Waals surface area contributed by atoms with Gasteiger partial charge in [0.2, 0.25) is 10.0 Å². The van der Waals surface area contributed by atoms with Crippen molar-refractivity contribution in [3.63, 3.8) is 0 Å². The van der Waals surface area contributed by atoms with Crippen LogP contribution in [0.3, 0.4) is 0 Å². The molecule has 6 aromatic rings. The van der Waals surface area contributed by atoms with Crippen molar-refractivity contribution >= 4 is 32.6 Å². The van der Waals surface area contributed by atoms with Crippen molar-refractivity contribution < 1.29 is 28.0 Å². The Morgan fingerprint density at radius 1 is 0.820 bits per heavy atom. The first-order chi connectivity index (χ1) is 24.2. The number of nitrogens with zero attached hydrogens (tertiary/aromatic N) is 2. The number of benzene rings is 5. The van der Waals surface area contributed by atoms with E-state index < -0.39 is 20.9 Å². The molecule has 0 aliphatic rings. The van der Waals surface area contributed by atoms with Gasteiger partial charge < -0.3 is 14.4 Å². The molecule has 0 saturated carbocycles. The van der Waals surface area contributed by atoms with Gasteiger partial charge >= 0.3 is 5.97 Å². The third kappa shape index (κ3) is 7.91. The van der Waals surface area contributed by atoms with E-state index in [0.29, 0.717) is 23.1 Å². The summed E-state index contributed by atoms with van der Waals surface area (Å²) >= 11 is 0. The zero-order chi connectivity index (χ0) is 35.1. The van der Waals surface area contributed by atoms with Crippen LogP contribution in [0.25, 0.3) is 10.9 Å². The van der Waals surface area contributed by atoms with Crippen LogP contribution in [0, 0.1) is 10.1 Å². The molecule has 0 fully saturated rings. The number of hydrogen-bond donors (Lipinski definition) is 2. The van der Waals surface area contributed by atoms with Crippen LogP contribution in [0.15, 0.2) is 133 Å². The minimum atomic E-state index is -3.68. The maximum Gasteiger partial charge on any atom is 0.335 e. The highest BCUT2D eigenvalue weighted by Gasteiger charge is 2.27. The van der Waals surface area contributed by atoms with Gasteiger partial charge in [0, 0.05) is 41.7 Å². The van der Waals surface area contributed by atoms with Crippen molar-refractivity contribution in [3.8, 4) is 5.75 Å². The van der Waals surface area contributed by atoms with Crippen molar-refractivity contribution in [1.29, 1.82) is 0 Å². The minimum Gasteiger partial charge on any atom is -0.493 e. The second kappa shape index (κ2) is 15.2. The Labute approximate surface area is 289 Å². The molecule has 0 aliphatic carbocycles. The number of carbonyl (C=O) groups is 1. The number of non-ortho nitro benzene ring substituents is 1. The molecule has 0 unspecified atom stereocenters. The molecule has 0 radical (unpaired) electrons. The monoisotopic (exact) mass is 689 g/mol. The number of nitrogens with one attached hydrogen (secondary N) is 1. The van der Waals surface area contributed by atoms with E-state index in [1.165, 1.54) is 18.2 Å². The molecule has 254 valence electrons. The second-order valence-electron chi connectivity index (χ2n) is 11.8. The smallest absolute Gasteiger partial charge is 0.335 e. The highest BCUT2D eigenvalue weighted by atomic mass is 32.2. The van der Waals surface area contributed by atoms with E-state index in [1.54, 1.807) is 48.5 Å². The summed E-state index contributed by atoms with van der Waals surface area (Å²) in [5.74, 6) is -0.717. The lowest BCUT2D eigenvalue weighted by molar-refractivity contribution is -0.384. The van der Waals surface area contributed by atoms with Gasteiger partial charge in [-0.15, -0.1) is 0 Å². The van der Waals surface area contributed by atoms with Gasteiger partial charge in [-0.05, 0) is 59.0 Å². The lowest BCUT2D eigenvalue weighted by Crippen LogP contribution is -2.27. The quantitative estimate of drug-likeness (QED) is 0.0861. The number of aromatic carboxylic acids is 1. The van der Waals surface area contributed by atoms with E-state index in [9.17, 15) is 28.4 Å². The molecular formula is C39H35N3O7S. The van der Waals surface area contributed by atoms with E-state index in [1.807, 2.05) is 66.7 Å². The topological polar surface area (TPSA) is 141 Å². The highest BCUT2D eigenvalue weighted by Crippen LogP contribution is 2.38. The van der Waals surface area contributed by atoms with Gasteiger partial charge in [0.05, 0.1) is 28.9 Å². The number of rotatable bonds is 15. The van der Waals surface area contributed by atoms with E-state index >= 15 is 0 Å². The van der Waals surface area contributed by atoms with Gasteiger partial charge in [-0.2, -0.15) is 0 Å². The Hall–Kier alpha value is -5.78. The molecular weight excluding hydrogens is 655 g/mol. The summed E-state index contributed by atoms with van der Waals surface area (Å²) in [6, 6.07) is 39.4. The lowest BCUT2D eigenvalue weighted by atomic mass is 9.97. The number of aromatic nitrogens is 1. The van der Waals surface area contributed by atoms with Crippen molar-refractivity contribution in [2.24, 2.45) is 0 Å². The fraction of sp³-hybridized carbons (Fsp3) is 0.154. The van der Waals surface area contributed by atoms with Crippen LogP contribution in [-0.4, -0.2) is 42.1 Å². The Bertz CT molecular complexity index is 2170. The maximum atomic E-state index is 13.1. The normalized spacial score (nSPS) is 11.5. The lowest BCUT2D eigenvalue weighted by Gasteiger charge is -2.25. The van der Waals surface area contributed by atoms with Crippen LogP contribution in [0.5, 0.6) is 5.75 Å². The predicted octanol–water partition coefficient (Wildman–Crippen LogP) is 7.17. The summed E-state index contributed by atoms with van der Waals surface area (Å²) in [6.07, 6.45) is 0.628. The first-order valence-electron chi connectivity index (χ1n) is 16.1. The molecule has 0 spiro atoms. The molecule has 0 aliphatic heterocycles. The minimum absolute atomic E-state index is 0.0714. The first kappa shape index (κ1) is 34.1. The number of nitro groups is 1. The zero-order valence-electron chi connectivity index (χ0n) is 27.0. The molecule has 10 nitrogen and oxygen atoms in total. The van der Waals surface area contributed by atoms with E-state index in [-0.39, 0.29) is 42.6 Å². The maximum absolute atomic E-state index is 13.1. The molecule has 0 atom stereocenters. The fourth-order valence-corrected chi connectivity index (χ4v) is 7.42. The van der Waals surface area contributed by atoms with Crippen LogP contribution >= 0.6 is 0 Å². The summed E-state index contributed by atoms with van der Waals surface area (Å²) in [7, 11) is -3.68. The SMILES string of the molecule is O=C(O)c1ccc(OCCc2c(CCNS(=O)(=O)Cc3ccccc3)c3cc([N+](=O)[O-])ccc3n2C(c2ccccc2)c2ccccc2)cc1. The molecule has 11 heteroatoms. The summed E-state index contributed by atoms with van der Waals surface area (Å²) in [5, 5.41) is 21.9. The Morgan fingerprint density at radius 3 is 2.00 bits per heavy atom. The van der Waals surface area contributed by atoms with Crippen molar-refractivity contribution in [2.75, 3.05) is 13.2 Å². The molecule has 1 heterocycles. The molecule has 0 amide bonds. The number of sulfonamides is 1.